The zero-order chi connectivity index (χ0) is 19.5. The van der Waals surface area contributed by atoms with Gasteiger partial charge in [0.25, 0.3) is 5.91 Å². The maximum atomic E-state index is 12.9. The Labute approximate surface area is 148 Å². The van der Waals surface area contributed by atoms with Gasteiger partial charge in [0.1, 0.15) is 12.1 Å². The predicted molar refractivity (Wildman–Crippen MR) is 87.0 cm³/mol. The van der Waals surface area contributed by atoms with Crippen LogP contribution in [0.1, 0.15) is 37.8 Å². The molecule has 142 valence electrons. The normalized spacial score (nSPS) is 20.3. The van der Waals surface area contributed by atoms with Gasteiger partial charge in [-0.3, -0.25) is 14.5 Å². The molecule has 0 saturated carbocycles. The first-order valence-electron chi connectivity index (χ1n) is 8.18. The number of rotatable bonds is 6. The average Bonchev–Trinajstić information content (AvgIpc) is 2.79. The van der Waals surface area contributed by atoms with Gasteiger partial charge in [0, 0.05) is 6.54 Å². The predicted octanol–water partition coefficient (Wildman–Crippen LogP) is 2.39. The molecule has 0 spiro atoms. The fourth-order valence-electron chi connectivity index (χ4n) is 2.65. The number of amides is 4. The smallest absolute Gasteiger partial charge is 0.355 e. The highest BCUT2D eigenvalue weighted by Crippen LogP contribution is 2.34. The molecule has 6 nitrogen and oxygen atoms in total. The van der Waals surface area contributed by atoms with Crippen molar-refractivity contribution in [1.82, 2.24) is 15.5 Å². The first-order chi connectivity index (χ1) is 12.1. The van der Waals surface area contributed by atoms with Crippen molar-refractivity contribution in [3.05, 3.63) is 35.4 Å². The number of hydrogen-bond acceptors (Lipinski definition) is 3. The van der Waals surface area contributed by atoms with E-state index in [0.29, 0.717) is 11.4 Å². The SMILES string of the molecule is CCCCNC(=O)CN1C(=O)NC(C)(c2cccc(C(F)(F)F)c2)C1=O. The Bertz CT molecular complexity index is 721. The maximum Gasteiger partial charge on any atom is 0.416 e. The lowest BCUT2D eigenvalue weighted by Gasteiger charge is -2.23. The lowest BCUT2D eigenvalue weighted by molar-refractivity contribution is -0.138. The number of benzene rings is 1. The van der Waals surface area contributed by atoms with E-state index in [1.807, 2.05) is 6.92 Å². The topological polar surface area (TPSA) is 78.5 Å². The van der Waals surface area contributed by atoms with Gasteiger partial charge in [-0.05, 0) is 31.0 Å². The average molecular weight is 371 g/mol. The van der Waals surface area contributed by atoms with Crippen LogP contribution in [0.5, 0.6) is 0 Å². The number of carbonyl (C=O) groups is 3. The number of urea groups is 1. The van der Waals surface area contributed by atoms with Gasteiger partial charge in [-0.15, -0.1) is 0 Å². The van der Waals surface area contributed by atoms with E-state index in [4.69, 9.17) is 0 Å². The first-order valence-corrected chi connectivity index (χ1v) is 8.18. The molecule has 0 aromatic heterocycles. The van der Waals surface area contributed by atoms with Crippen molar-refractivity contribution in [2.75, 3.05) is 13.1 Å². The summed E-state index contributed by atoms with van der Waals surface area (Å²) in [4.78, 5) is 37.3. The van der Waals surface area contributed by atoms with E-state index in [2.05, 4.69) is 10.6 Å². The fraction of sp³-hybridized carbons (Fsp3) is 0.471. The molecule has 0 aliphatic carbocycles. The Hall–Kier alpha value is -2.58. The number of imide groups is 1. The number of nitrogens with one attached hydrogen (secondary N) is 2. The molecule has 4 amide bonds. The van der Waals surface area contributed by atoms with Crippen LogP contribution in [0.25, 0.3) is 0 Å². The molecule has 1 aromatic rings. The Morgan fingerprint density at radius 3 is 2.62 bits per heavy atom. The van der Waals surface area contributed by atoms with Crippen LogP contribution >= 0.6 is 0 Å². The standard InChI is InChI=1S/C17H20F3N3O3/c1-3-4-8-21-13(24)10-23-14(25)16(2,22-15(23)26)11-6-5-7-12(9-11)17(18,19)20/h5-7,9H,3-4,8,10H2,1-2H3,(H,21,24)(H,22,26). The minimum absolute atomic E-state index is 0.000402. The molecule has 1 atom stereocenters. The highest BCUT2D eigenvalue weighted by atomic mass is 19.4. The van der Waals surface area contributed by atoms with Crippen molar-refractivity contribution in [3.63, 3.8) is 0 Å². The minimum atomic E-state index is -4.57. The molecule has 1 aliphatic rings. The Kier molecular flexibility index (Phi) is 5.58. The van der Waals surface area contributed by atoms with Gasteiger partial charge >= 0.3 is 12.2 Å². The van der Waals surface area contributed by atoms with Crippen LogP contribution in [-0.2, 0) is 21.3 Å². The molecular formula is C17H20F3N3O3. The van der Waals surface area contributed by atoms with Crippen molar-refractivity contribution in [2.24, 2.45) is 0 Å². The van der Waals surface area contributed by atoms with Gasteiger partial charge in [-0.2, -0.15) is 13.2 Å². The third-order valence-electron chi connectivity index (χ3n) is 4.20. The van der Waals surface area contributed by atoms with E-state index in [1.54, 1.807) is 0 Å². The summed E-state index contributed by atoms with van der Waals surface area (Å²) in [6.07, 6.45) is -2.94. The Morgan fingerprint density at radius 1 is 1.31 bits per heavy atom. The van der Waals surface area contributed by atoms with E-state index in [1.165, 1.54) is 19.1 Å². The molecule has 1 aromatic carbocycles. The van der Waals surface area contributed by atoms with E-state index < -0.39 is 41.7 Å². The van der Waals surface area contributed by atoms with Gasteiger partial charge in [0.05, 0.1) is 5.56 Å². The van der Waals surface area contributed by atoms with Crippen LogP contribution in [0, 0.1) is 0 Å². The number of carbonyl (C=O) groups excluding carboxylic acids is 3. The largest absolute Gasteiger partial charge is 0.416 e. The second kappa shape index (κ2) is 7.35. The lowest BCUT2D eigenvalue weighted by atomic mass is 9.90. The molecule has 26 heavy (non-hydrogen) atoms. The number of nitrogens with zero attached hydrogens (tertiary/aromatic N) is 1. The van der Waals surface area contributed by atoms with E-state index in [-0.39, 0.29) is 5.56 Å². The molecule has 2 rings (SSSR count). The quantitative estimate of drug-likeness (QED) is 0.595. The summed E-state index contributed by atoms with van der Waals surface area (Å²) < 4.78 is 38.7. The summed E-state index contributed by atoms with van der Waals surface area (Å²) >= 11 is 0. The van der Waals surface area contributed by atoms with Crippen LogP contribution in [-0.4, -0.2) is 35.8 Å². The highest BCUT2D eigenvalue weighted by molar-refractivity contribution is 6.09. The number of alkyl halides is 3. The van der Waals surface area contributed by atoms with Gasteiger partial charge < -0.3 is 10.6 Å². The monoisotopic (exact) mass is 371 g/mol. The van der Waals surface area contributed by atoms with Crippen LogP contribution in [0.2, 0.25) is 0 Å². The number of hydrogen-bond donors (Lipinski definition) is 2. The van der Waals surface area contributed by atoms with Crippen LogP contribution in [0.4, 0.5) is 18.0 Å². The van der Waals surface area contributed by atoms with Gasteiger partial charge in [-0.1, -0.05) is 25.5 Å². The van der Waals surface area contributed by atoms with Gasteiger partial charge in [-0.25, -0.2) is 4.79 Å². The van der Waals surface area contributed by atoms with Crippen molar-refractivity contribution < 1.29 is 27.6 Å². The number of unbranched alkanes of at least 4 members (excludes halogenated alkanes) is 1. The fourth-order valence-corrected chi connectivity index (χ4v) is 2.65. The molecule has 0 bridgehead atoms. The summed E-state index contributed by atoms with van der Waals surface area (Å²) in [6, 6.07) is 3.39. The number of halogens is 3. The van der Waals surface area contributed by atoms with E-state index >= 15 is 0 Å². The highest BCUT2D eigenvalue weighted by Gasteiger charge is 2.50. The molecule has 1 heterocycles. The zero-order valence-electron chi connectivity index (χ0n) is 14.4. The zero-order valence-corrected chi connectivity index (χ0v) is 14.4. The Balaban J connectivity index is 2.20. The van der Waals surface area contributed by atoms with Crippen molar-refractivity contribution in [3.8, 4) is 0 Å². The molecule has 1 fully saturated rings. The third kappa shape index (κ3) is 3.97. The van der Waals surface area contributed by atoms with Crippen LogP contribution < -0.4 is 10.6 Å². The Morgan fingerprint density at radius 2 is 2.00 bits per heavy atom. The lowest BCUT2D eigenvalue weighted by Crippen LogP contribution is -2.43. The summed E-state index contributed by atoms with van der Waals surface area (Å²) in [5, 5.41) is 4.97. The van der Waals surface area contributed by atoms with Gasteiger partial charge in [0.2, 0.25) is 5.91 Å². The molecule has 0 radical (unpaired) electrons. The molecule has 1 aliphatic heterocycles. The van der Waals surface area contributed by atoms with Crippen molar-refractivity contribution >= 4 is 17.8 Å². The molecule has 2 N–H and O–H groups in total. The first kappa shape index (κ1) is 19.7. The maximum absolute atomic E-state index is 12.9. The molecule has 1 saturated heterocycles. The van der Waals surface area contributed by atoms with E-state index in [9.17, 15) is 27.6 Å². The second-order valence-electron chi connectivity index (χ2n) is 6.23. The summed E-state index contributed by atoms with van der Waals surface area (Å²) in [5.41, 5.74) is -2.59. The van der Waals surface area contributed by atoms with Crippen LogP contribution in [0.3, 0.4) is 0 Å². The molecule has 1 unspecified atom stereocenters. The van der Waals surface area contributed by atoms with Crippen LogP contribution in [0.15, 0.2) is 24.3 Å². The summed E-state index contributed by atoms with van der Waals surface area (Å²) in [7, 11) is 0. The van der Waals surface area contributed by atoms with E-state index in [0.717, 1.165) is 25.0 Å². The van der Waals surface area contributed by atoms with Crippen molar-refractivity contribution in [2.45, 2.75) is 38.4 Å². The summed E-state index contributed by atoms with van der Waals surface area (Å²) in [6.45, 7) is 3.20. The second-order valence-corrected chi connectivity index (χ2v) is 6.23. The minimum Gasteiger partial charge on any atom is -0.355 e. The third-order valence-corrected chi connectivity index (χ3v) is 4.20. The molecular weight excluding hydrogens is 351 g/mol. The van der Waals surface area contributed by atoms with Crippen molar-refractivity contribution in [1.29, 1.82) is 0 Å². The van der Waals surface area contributed by atoms with Gasteiger partial charge in [0.15, 0.2) is 0 Å². The molecule has 9 heteroatoms. The summed E-state index contributed by atoms with van der Waals surface area (Å²) in [5.74, 6) is -1.28.